The summed E-state index contributed by atoms with van der Waals surface area (Å²) in [6, 6.07) is 4.31. The van der Waals surface area contributed by atoms with Gasteiger partial charge in [-0.2, -0.15) is 0 Å². The SMILES string of the molecule is CCCCCCCCCCC1COC(c2cc[n+](CCCCCC)cc2)OC1. The molecule has 1 saturated heterocycles. The van der Waals surface area contributed by atoms with Crippen molar-refractivity contribution < 1.29 is 14.0 Å². The van der Waals surface area contributed by atoms with Gasteiger partial charge in [0, 0.05) is 30.0 Å². The summed E-state index contributed by atoms with van der Waals surface area (Å²) < 4.78 is 14.3. The number of hydrogen-bond donors (Lipinski definition) is 0. The minimum atomic E-state index is -0.176. The number of nitrogens with zero attached hydrogens (tertiary/aromatic N) is 1. The van der Waals surface area contributed by atoms with Crippen molar-refractivity contribution in [3.05, 3.63) is 30.1 Å². The van der Waals surface area contributed by atoms with E-state index < -0.39 is 0 Å². The van der Waals surface area contributed by atoms with Crippen LogP contribution in [-0.4, -0.2) is 13.2 Å². The predicted octanol–water partition coefficient (Wildman–Crippen LogP) is 6.75. The molecule has 0 aromatic carbocycles. The summed E-state index contributed by atoms with van der Waals surface area (Å²) in [4.78, 5) is 0. The van der Waals surface area contributed by atoms with Crippen molar-refractivity contribution in [1.82, 2.24) is 0 Å². The van der Waals surface area contributed by atoms with E-state index in [1.807, 2.05) is 0 Å². The van der Waals surface area contributed by atoms with Crippen molar-refractivity contribution in [2.75, 3.05) is 13.2 Å². The minimum absolute atomic E-state index is 0.176. The van der Waals surface area contributed by atoms with Gasteiger partial charge in [-0.3, -0.25) is 0 Å². The van der Waals surface area contributed by atoms with Crippen molar-refractivity contribution in [3.63, 3.8) is 0 Å². The molecule has 0 aliphatic carbocycles. The van der Waals surface area contributed by atoms with E-state index in [9.17, 15) is 0 Å². The van der Waals surface area contributed by atoms with Gasteiger partial charge in [-0.1, -0.05) is 78.1 Å². The molecule has 28 heavy (non-hydrogen) atoms. The maximum Gasteiger partial charge on any atom is 0.184 e. The van der Waals surface area contributed by atoms with Crippen LogP contribution in [0.4, 0.5) is 0 Å². The topological polar surface area (TPSA) is 22.3 Å². The summed E-state index contributed by atoms with van der Waals surface area (Å²) in [5.74, 6) is 0.573. The van der Waals surface area contributed by atoms with Crippen LogP contribution in [0.3, 0.4) is 0 Å². The summed E-state index contributed by atoms with van der Waals surface area (Å²) in [6.07, 6.45) is 21.7. The first-order chi connectivity index (χ1) is 13.8. The summed E-state index contributed by atoms with van der Waals surface area (Å²) in [6.45, 7) is 7.32. The molecule has 1 aromatic rings. The van der Waals surface area contributed by atoms with Gasteiger partial charge in [-0.25, -0.2) is 4.57 Å². The maximum atomic E-state index is 6.02. The predicted molar refractivity (Wildman–Crippen MR) is 116 cm³/mol. The number of rotatable bonds is 15. The van der Waals surface area contributed by atoms with Crippen molar-refractivity contribution in [2.24, 2.45) is 5.92 Å². The molecule has 1 aliphatic rings. The van der Waals surface area contributed by atoms with E-state index in [1.54, 1.807) is 0 Å². The van der Waals surface area contributed by atoms with Crippen LogP contribution < -0.4 is 4.57 Å². The van der Waals surface area contributed by atoms with E-state index in [1.165, 1.54) is 83.5 Å². The van der Waals surface area contributed by atoms with Gasteiger partial charge >= 0.3 is 0 Å². The van der Waals surface area contributed by atoms with Gasteiger partial charge in [-0.15, -0.1) is 0 Å². The molecule has 0 radical (unpaired) electrons. The van der Waals surface area contributed by atoms with Crippen LogP contribution in [-0.2, 0) is 16.0 Å². The Morgan fingerprint density at radius 3 is 1.89 bits per heavy atom. The number of aryl methyl sites for hydroxylation is 1. The first kappa shape index (κ1) is 23.3. The standard InChI is InChI=1S/C25H44NO2/c1-3-5-7-9-10-11-12-13-15-23-21-27-25(28-22-23)24-16-19-26(20-17-24)18-14-8-6-4-2/h16-17,19-20,23,25H,3-15,18,21-22H2,1-2H3/q+1. The lowest BCUT2D eigenvalue weighted by atomic mass is 10.0. The van der Waals surface area contributed by atoms with Gasteiger partial charge in [0.15, 0.2) is 18.7 Å². The van der Waals surface area contributed by atoms with E-state index in [2.05, 4.69) is 42.9 Å². The van der Waals surface area contributed by atoms with E-state index in [-0.39, 0.29) is 6.29 Å². The molecule has 3 heteroatoms. The third-order valence-electron chi connectivity index (χ3n) is 5.89. The fourth-order valence-corrected chi connectivity index (χ4v) is 3.97. The molecule has 0 N–H and O–H groups in total. The van der Waals surface area contributed by atoms with E-state index in [0.717, 1.165) is 25.3 Å². The summed E-state index contributed by atoms with van der Waals surface area (Å²) in [7, 11) is 0. The van der Waals surface area contributed by atoms with Gasteiger partial charge in [0.2, 0.25) is 0 Å². The lowest BCUT2D eigenvalue weighted by Crippen LogP contribution is -2.33. The van der Waals surface area contributed by atoms with Gasteiger partial charge in [0.05, 0.1) is 13.2 Å². The summed E-state index contributed by atoms with van der Waals surface area (Å²) >= 11 is 0. The molecule has 0 unspecified atom stereocenters. The van der Waals surface area contributed by atoms with Gasteiger partial charge < -0.3 is 9.47 Å². The average Bonchev–Trinajstić information content (AvgIpc) is 2.74. The molecular formula is C25H44NO2+. The number of pyridine rings is 1. The molecule has 0 spiro atoms. The molecule has 0 atom stereocenters. The average molecular weight is 391 g/mol. The maximum absolute atomic E-state index is 6.02. The van der Waals surface area contributed by atoms with Gasteiger partial charge in [0.25, 0.3) is 0 Å². The van der Waals surface area contributed by atoms with Crippen molar-refractivity contribution in [2.45, 2.75) is 110 Å². The zero-order valence-electron chi connectivity index (χ0n) is 18.5. The summed E-state index contributed by atoms with van der Waals surface area (Å²) in [5.41, 5.74) is 1.15. The Morgan fingerprint density at radius 1 is 0.750 bits per heavy atom. The molecule has 2 heterocycles. The number of hydrogen-bond acceptors (Lipinski definition) is 2. The zero-order chi connectivity index (χ0) is 19.9. The fraction of sp³-hybridized carbons (Fsp3) is 0.800. The Balaban J connectivity index is 1.55. The highest BCUT2D eigenvalue weighted by Gasteiger charge is 2.23. The third kappa shape index (κ3) is 9.52. The Morgan fingerprint density at radius 2 is 1.29 bits per heavy atom. The van der Waals surface area contributed by atoms with E-state index >= 15 is 0 Å². The number of unbranched alkanes of at least 4 members (excludes halogenated alkanes) is 10. The van der Waals surface area contributed by atoms with Crippen LogP contribution in [0, 0.1) is 5.92 Å². The van der Waals surface area contributed by atoms with Gasteiger partial charge in [0.1, 0.15) is 6.54 Å². The second-order valence-corrected chi connectivity index (χ2v) is 8.56. The normalized spacial score (nSPS) is 19.8. The highest BCUT2D eigenvalue weighted by atomic mass is 16.7. The van der Waals surface area contributed by atoms with Crippen LogP contribution in [0.15, 0.2) is 24.5 Å². The molecule has 0 bridgehead atoms. The first-order valence-corrected chi connectivity index (χ1v) is 12.1. The monoisotopic (exact) mass is 390 g/mol. The van der Waals surface area contributed by atoms with Crippen molar-refractivity contribution in [3.8, 4) is 0 Å². The van der Waals surface area contributed by atoms with Crippen molar-refractivity contribution in [1.29, 1.82) is 0 Å². The lowest BCUT2D eigenvalue weighted by molar-refractivity contribution is -0.697. The van der Waals surface area contributed by atoms with E-state index in [4.69, 9.17) is 9.47 Å². The second-order valence-electron chi connectivity index (χ2n) is 8.56. The highest BCUT2D eigenvalue weighted by Crippen LogP contribution is 2.26. The van der Waals surface area contributed by atoms with Crippen LogP contribution in [0.25, 0.3) is 0 Å². The molecule has 1 aliphatic heterocycles. The molecule has 2 rings (SSSR count). The smallest absolute Gasteiger partial charge is 0.184 e. The molecule has 160 valence electrons. The Bertz CT molecular complexity index is 480. The largest absolute Gasteiger partial charge is 0.348 e. The third-order valence-corrected chi connectivity index (χ3v) is 5.89. The first-order valence-electron chi connectivity index (χ1n) is 12.1. The zero-order valence-corrected chi connectivity index (χ0v) is 18.5. The summed E-state index contributed by atoms with van der Waals surface area (Å²) in [5, 5.41) is 0. The lowest BCUT2D eigenvalue weighted by Gasteiger charge is -2.29. The molecule has 1 aromatic heterocycles. The second kappa shape index (κ2) is 15.0. The number of ether oxygens (including phenoxy) is 2. The van der Waals surface area contributed by atoms with Crippen LogP contribution in [0.2, 0.25) is 0 Å². The molecule has 3 nitrogen and oxygen atoms in total. The number of aromatic nitrogens is 1. The Kier molecular flexibility index (Phi) is 12.5. The molecule has 0 saturated carbocycles. The van der Waals surface area contributed by atoms with Crippen molar-refractivity contribution >= 4 is 0 Å². The Hall–Kier alpha value is -0.930. The van der Waals surface area contributed by atoms with Crippen LogP contribution in [0.1, 0.15) is 109 Å². The highest BCUT2D eigenvalue weighted by molar-refractivity contribution is 5.09. The fourth-order valence-electron chi connectivity index (χ4n) is 3.97. The molecule has 0 amide bonds. The van der Waals surface area contributed by atoms with Crippen LogP contribution >= 0.6 is 0 Å². The quantitative estimate of drug-likeness (QED) is 0.244. The van der Waals surface area contributed by atoms with Crippen LogP contribution in [0.5, 0.6) is 0 Å². The molecule has 1 fully saturated rings. The minimum Gasteiger partial charge on any atom is -0.348 e. The molecular weight excluding hydrogens is 346 g/mol. The van der Waals surface area contributed by atoms with Gasteiger partial charge in [-0.05, 0) is 12.8 Å². The Labute approximate surface area is 173 Å². The van der Waals surface area contributed by atoms with E-state index in [0.29, 0.717) is 5.92 Å².